The standard InChI is InChI=1S/C25H27FN2O5S/c1-2-3-15-33-25(30)18-7-10-20(11-8-18)28-17-23(24(29)27-13-5-4-6-14-27)34(31,32)22-12-9-19(26)16-21(22)28/h7-12,16-17H,2-6,13-15H2,1H3. The van der Waals surface area contributed by atoms with Gasteiger partial charge in [-0.2, -0.15) is 0 Å². The summed E-state index contributed by atoms with van der Waals surface area (Å²) in [6, 6.07) is 9.72. The van der Waals surface area contributed by atoms with Crippen LogP contribution in [-0.2, 0) is 19.4 Å². The molecule has 34 heavy (non-hydrogen) atoms. The number of esters is 1. The van der Waals surface area contributed by atoms with E-state index in [1.807, 2.05) is 6.92 Å². The van der Waals surface area contributed by atoms with Crippen molar-refractivity contribution in [3.05, 3.63) is 65.0 Å². The molecular formula is C25H27FN2O5S. The molecule has 0 spiro atoms. The van der Waals surface area contributed by atoms with E-state index < -0.39 is 27.5 Å². The summed E-state index contributed by atoms with van der Waals surface area (Å²) < 4.78 is 46.0. The molecular weight excluding hydrogens is 459 g/mol. The van der Waals surface area contributed by atoms with Crippen molar-refractivity contribution < 1.29 is 27.1 Å². The summed E-state index contributed by atoms with van der Waals surface area (Å²) >= 11 is 0. The Morgan fingerprint density at radius 1 is 1.03 bits per heavy atom. The van der Waals surface area contributed by atoms with Crippen LogP contribution in [0.25, 0.3) is 0 Å². The van der Waals surface area contributed by atoms with Crippen molar-refractivity contribution in [3.8, 4) is 0 Å². The first kappa shape index (κ1) is 23.9. The minimum atomic E-state index is -4.14. The van der Waals surface area contributed by atoms with Crippen LogP contribution in [0.3, 0.4) is 0 Å². The van der Waals surface area contributed by atoms with E-state index in [9.17, 15) is 22.4 Å². The van der Waals surface area contributed by atoms with Gasteiger partial charge in [-0.25, -0.2) is 17.6 Å². The number of nitrogens with zero attached hydrogens (tertiary/aromatic N) is 2. The SMILES string of the molecule is CCCCOC(=O)c1ccc(N2C=C(C(=O)N3CCCCC3)S(=O)(=O)c3ccc(F)cc32)cc1. The van der Waals surface area contributed by atoms with Crippen molar-refractivity contribution in [3.63, 3.8) is 0 Å². The van der Waals surface area contributed by atoms with Gasteiger partial charge >= 0.3 is 5.97 Å². The predicted molar refractivity (Wildman–Crippen MR) is 126 cm³/mol. The van der Waals surface area contributed by atoms with Gasteiger partial charge in [-0.15, -0.1) is 0 Å². The van der Waals surface area contributed by atoms with E-state index >= 15 is 0 Å². The van der Waals surface area contributed by atoms with Crippen molar-refractivity contribution in [1.82, 2.24) is 4.90 Å². The highest BCUT2D eigenvalue weighted by molar-refractivity contribution is 7.96. The summed E-state index contributed by atoms with van der Waals surface area (Å²) in [5, 5.41) is 0. The number of rotatable bonds is 6. The second-order valence-corrected chi connectivity index (χ2v) is 10.3. The summed E-state index contributed by atoms with van der Waals surface area (Å²) in [4.78, 5) is 28.0. The fourth-order valence-corrected chi connectivity index (χ4v) is 5.59. The van der Waals surface area contributed by atoms with Gasteiger partial charge in [0.05, 0.1) is 22.8 Å². The van der Waals surface area contributed by atoms with E-state index in [0.29, 0.717) is 30.9 Å². The number of hydrogen-bond acceptors (Lipinski definition) is 6. The van der Waals surface area contributed by atoms with Crippen molar-refractivity contribution in [2.24, 2.45) is 0 Å². The molecule has 9 heteroatoms. The van der Waals surface area contributed by atoms with E-state index in [0.717, 1.165) is 44.2 Å². The molecule has 0 aromatic heterocycles. The molecule has 2 heterocycles. The van der Waals surface area contributed by atoms with E-state index in [2.05, 4.69) is 0 Å². The zero-order valence-electron chi connectivity index (χ0n) is 19.0. The molecule has 4 rings (SSSR count). The van der Waals surface area contributed by atoms with Gasteiger partial charge in [-0.1, -0.05) is 13.3 Å². The number of hydrogen-bond donors (Lipinski definition) is 0. The Balaban J connectivity index is 1.72. The van der Waals surface area contributed by atoms with Crippen molar-refractivity contribution in [2.75, 3.05) is 24.6 Å². The average Bonchev–Trinajstić information content (AvgIpc) is 2.84. The monoisotopic (exact) mass is 486 g/mol. The van der Waals surface area contributed by atoms with Crippen molar-refractivity contribution >= 4 is 33.1 Å². The van der Waals surface area contributed by atoms with Crippen LogP contribution in [0.1, 0.15) is 49.4 Å². The molecule has 1 amide bonds. The van der Waals surface area contributed by atoms with E-state index in [-0.39, 0.29) is 15.5 Å². The minimum absolute atomic E-state index is 0.105. The Morgan fingerprint density at radius 2 is 1.74 bits per heavy atom. The van der Waals surface area contributed by atoms with E-state index in [4.69, 9.17) is 4.74 Å². The number of piperidine rings is 1. The quantitative estimate of drug-likeness (QED) is 0.338. The molecule has 180 valence electrons. The number of carbonyl (C=O) groups excluding carboxylic acids is 2. The highest BCUT2D eigenvalue weighted by Gasteiger charge is 2.38. The average molecular weight is 487 g/mol. The maximum Gasteiger partial charge on any atom is 0.338 e. The molecule has 1 fully saturated rings. The minimum Gasteiger partial charge on any atom is -0.462 e. The van der Waals surface area contributed by atoms with Crippen LogP contribution in [0, 0.1) is 5.82 Å². The summed E-state index contributed by atoms with van der Waals surface area (Å²) in [6.45, 7) is 3.33. The smallest absolute Gasteiger partial charge is 0.338 e. The molecule has 0 unspecified atom stereocenters. The Labute approximate surface area is 198 Å². The van der Waals surface area contributed by atoms with Gasteiger partial charge in [0.15, 0.2) is 4.91 Å². The van der Waals surface area contributed by atoms with E-state index in [1.54, 1.807) is 29.2 Å². The number of halogens is 1. The molecule has 0 radical (unpaired) electrons. The zero-order valence-corrected chi connectivity index (χ0v) is 19.8. The van der Waals surface area contributed by atoms with Crippen LogP contribution >= 0.6 is 0 Å². The van der Waals surface area contributed by atoms with Gasteiger partial charge in [0.1, 0.15) is 5.82 Å². The van der Waals surface area contributed by atoms with Crippen LogP contribution < -0.4 is 4.90 Å². The summed E-state index contributed by atoms with van der Waals surface area (Å²) in [5.41, 5.74) is 0.932. The number of anilines is 2. The van der Waals surface area contributed by atoms with Crippen LogP contribution in [0.15, 0.2) is 58.5 Å². The van der Waals surface area contributed by atoms with Gasteiger partial charge in [0, 0.05) is 25.0 Å². The number of carbonyl (C=O) groups is 2. The fraction of sp³-hybridized carbons (Fsp3) is 0.360. The Morgan fingerprint density at radius 3 is 2.41 bits per heavy atom. The fourth-order valence-electron chi connectivity index (χ4n) is 4.07. The molecule has 0 bridgehead atoms. The predicted octanol–water partition coefficient (Wildman–Crippen LogP) is 4.56. The lowest BCUT2D eigenvalue weighted by molar-refractivity contribution is -0.127. The number of ether oxygens (including phenoxy) is 1. The van der Waals surface area contributed by atoms with Crippen LogP contribution in [0.4, 0.5) is 15.8 Å². The molecule has 0 saturated carbocycles. The first-order chi connectivity index (χ1) is 16.3. The molecule has 1 saturated heterocycles. The second kappa shape index (κ2) is 9.97. The van der Waals surface area contributed by atoms with Crippen molar-refractivity contribution in [2.45, 2.75) is 43.9 Å². The lowest BCUT2D eigenvalue weighted by Gasteiger charge is -2.32. The Bertz CT molecular complexity index is 1220. The van der Waals surface area contributed by atoms with E-state index in [1.165, 1.54) is 17.2 Å². The second-order valence-electron chi connectivity index (χ2n) is 8.37. The molecule has 7 nitrogen and oxygen atoms in total. The molecule has 0 N–H and O–H groups in total. The first-order valence-corrected chi connectivity index (χ1v) is 12.9. The summed E-state index contributed by atoms with van der Waals surface area (Å²) in [6.07, 6.45) is 5.57. The number of benzene rings is 2. The highest BCUT2D eigenvalue weighted by Crippen LogP contribution is 2.40. The summed E-state index contributed by atoms with van der Waals surface area (Å²) in [5.74, 6) is -1.62. The topological polar surface area (TPSA) is 84.0 Å². The summed E-state index contributed by atoms with van der Waals surface area (Å²) in [7, 11) is -4.14. The lowest BCUT2D eigenvalue weighted by Crippen LogP contribution is -2.39. The van der Waals surface area contributed by atoms with Gasteiger partial charge in [0.2, 0.25) is 9.84 Å². The maximum absolute atomic E-state index is 14.1. The molecule has 0 atom stereocenters. The molecule has 2 aromatic carbocycles. The third-order valence-corrected chi connectivity index (χ3v) is 7.76. The maximum atomic E-state index is 14.1. The zero-order chi connectivity index (χ0) is 24.3. The normalized spacial score (nSPS) is 17.1. The largest absolute Gasteiger partial charge is 0.462 e. The van der Waals surface area contributed by atoms with Crippen LogP contribution in [0.5, 0.6) is 0 Å². The number of fused-ring (bicyclic) bond motifs is 1. The number of amides is 1. The first-order valence-electron chi connectivity index (χ1n) is 11.4. The molecule has 2 aliphatic heterocycles. The highest BCUT2D eigenvalue weighted by atomic mass is 32.2. The van der Waals surface area contributed by atoms with Crippen molar-refractivity contribution in [1.29, 1.82) is 0 Å². The van der Waals surface area contributed by atoms with Gasteiger partial charge in [-0.05, 0) is 68.1 Å². The van der Waals surface area contributed by atoms with Crippen LogP contribution in [0.2, 0.25) is 0 Å². The number of likely N-dealkylation sites (tertiary alicyclic amines) is 1. The van der Waals surface area contributed by atoms with Crippen LogP contribution in [-0.4, -0.2) is 44.9 Å². The molecule has 2 aliphatic rings. The number of sulfone groups is 1. The van der Waals surface area contributed by atoms with Gasteiger partial charge in [-0.3, -0.25) is 4.79 Å². The third kappa shape index (κ3) is 4.70. The third-order valence-electron chi connectivity index (χ3n) is 5.97. The Kier molecular flexibility index (Phi) is 7.02. The Hall–Kier alpha value is -3.20. The molecule has 0 aliphatic carbocycles. The molecule has 2 aromatic rings. The van der Waals surface area contributed by atoms with Gasteiger partial charge in [0.25, 0.3) is 5.91 Å². The van der Waals surface area contributed by atoms with Gasteiger partial charge < -0.3 is 14.5 Å². The lowest BCUT2D eigenvalue weighted by atomic mass is 10.1. The number of unbranched alkanes of at least 4 members (excludes halogenated alkanes) is 1.